The lowest BCUT2D eigenvalue weighted by molar-refractivity contribution is 0.276. The highest BCUT2D eigenvalue weighted by Gasteiger charge is 2.26. The third-order valence-corrected chi connectivity index (χ3v) is 2.79. The zero-order valence-electron chi connectivity index (χ0n) is 11.0. The van der Waals surface area contributed by atoms with Crippen molar-refractivity contribution in [1.82, 2.24) is 0 Å². The van der Waals surface area contributed by atoms with E-state index < -0.39 is 0 Å². The molecule has 0 unspecified atom stereocenters. The van der Waals surface area contributed by atoms with Crippen molar-refractivity contribution in [3.05, 3.63) is 29.8 Å². The third kappa shape index (κ3) is 2.88. The largest absolute Gasteiger partial charge is 0.497 e. The SMILES string of the molecule is COc1ccc(C(=N)CC2=NC(C)(C)CO2)cc1. The summed E-state index contributed by atoms with van der Waals surface area (Å²) in [4.78, 5) is 4.45. The van der Waals surface area contributed by atoms with Crippen LogP contribution >= 0.6 is 0 Å². The topological polar surface area (TPSA) is 54.7 Å². The minimum absolute atomic E-state index is 0.157. The lowest BCUT2D eigenvalue weighted by Gasteiger charge is -2.07. The van der Waals surface area contributed by atoms with Gasteiger partial charge in [-0.15, -0.1) is 0 Å². The Balaban J connectivity index is 2.04. The maximum absolute atomic E-state index is 8.05. The summed E-state index contributed by atoms with van der Waals surface area (Å²) in [5.41, 5.74) is 1.22. The lowest BCUT2D eigenvalue weighted by Crippen LogP contribution is -2.17. The Hall–Kier alpha value is -1.84. The van der Waals surface area contributed by atoms with Crippen LogP contribution in [0.5, 0.6) is 5.75 Å². The van der Waals surface area contributed by atoms with Crippen molar-refractivity contribution >= 4 is 11.6 Å². The minimum atomic E-state index is -0.157. The molecule has 4 nitrogen and oxygen atoms in total. The van der Waals surface area contributed by atoms with Crippen LogP contribution in [-0.2, 0) is 4.74 Å². The zero-order valence-corrected chi connectivity index (χ0v) is 11.0. The van der Waals surface area contributed by atoms with E-state index in [9.17, 15) is 0 Å². The molecule has 1 aromatic carbocycles. The number of rotatable bonds is 4. The quantitative estimate of drug-likeness (QED) is 0.830. The molecule has 1 aliphatic heterocycles. The van der Waals surface area contributed by atoms with Crippen LogP contribution in [0.4, 0.5) is 0 Å². The highest BCUT2D eigenvalue weighted by atomic mass is 16.5. The van der Waals surface area contributed by atoms with Gasteiger partial charge >= 0.3 is 0 Å². The molecule has 0 bridgehead atoms. The fourth-order valence-electron chi connectivity index (χ4n) is 1.80. The van der Waals surface area contributed by atoms with Gasteiger partial charge in [-0.25, -0.2) is 4.99 Å². The predicted molar refractivity (Wildman–Crippen MR) is 71.9 cm³/mol. The van der Waals surface area contributed by atoms with Gasteiger partial charge in [-0.3, -0.25) is 0 Å². The molecule has 0 atom stereocenters. The summed E-state index contributed by atoms with van der Waals surface area (Å²) in [5.74, 6) is 1.45. The minimum Gasteiger partial charge on any atom is -0.497 e. The molecule has 1 heterocycles. The molecule has 1 aromatic rings. The highest BCUT2D eigenvalue weighted by molar-refractivity contribution is 6.09. The van der Waals surface area contributed by atoms with Gasteiger partial charge in [0.25, 0.3) is 0 Å². The molecule has 0 spiro atoms. The predicted octanol–water partition coefficient (Wildman–Crippen LogP) is 2.66. The molecule has 0 aromatic heterocycles. The van der Waals surface area contributed by atoms with Crippen molar-refractivity contribution in [2.75, 3.05) is 13.7 Å². The Morgan fingerprint density at radius 2 is 2.06 bits per heavy atom. The first-order chi connectivity index (χ1) is 8.50. The number of benzene rings is 1. The van der Waals surface area contributed by atoms with Crippen molar-refractivity contribution in [2.45, 2.75) is 25.8 Å². The van der Waals surface area contributed by atoms with E-state index in [4.69, 9.17) is 14.9 Å². The number of nitrogens with zero attached hydrogens (tertiary/aromatic N) is 1. The van der Waals surface area contributed by atoms with Gasteiger partial charge < -0.3 is 14.9 Å². The first-order valence-corrected chi connectivity index (χ1v) is 5.93. The van der Waals surface area contributed by atoms with E-state index in [1.807, 2.05) is 38.1 Å². The fraction of sp³-hybridized carbons (Fsp3) is 0.429. The monoisotopic (exact) mass is 246 g/mol. The van der Waals surface area contributed by atoms with E-state index in [1.54, 1.807) is 7.11 Å². The van der Waals surface area contributed by atoms with Crippen LogP contribution in [0, 0.1) is 5.41 Å². The second-order valence-electron chi connectivity index (χ2n) is 4.99. The van der Waals surface area contributed by atoms with Crippen molar-refractivity contribution in [1.29, 1.82) is 5.41 Å². The smallest absolute Gasteiger partial charge is 0.190 e. The maximum Gasteiger partial charge on any atom is 0.190 e. The molecule has 1 N–H and O–H groups in total. The zero-order chi connectivity index (χ0) is 13.2. The van der Waals surface area contributed by atoms with Crippen LogP contribution in [0.25, 0.3) is 0 Å². The lowest BCUT2D eigenvalue weighted by atomic mass is 10.1. The Labute approximate surface area is 107 Å². The number of ether oxygens (including phenoxy) is 2. The number of nitrogens with one attached hydrogen (secondary N) is 1. The Kier molecular flexibility index (Phi) is 3.36. The first kappa shape index (κ1) is 12.6. The summed E-state index contributed by atoms with van der Waals surface area (Å²) in [7, 11) is 1.63. The number of hydrogen-bond acceptors (Lipinski definition) is 4. The third-order valence-electron chi connectivity index (χ3n) is 2.79. The fourth-order valence-corrected chi connectivity index (χ4v) is 1.80. The molecule has 2 rings (SSSR count). The molecule has 0 aliphatic carbocycles. The normalized spacial score (nSPS) is 16.9. The average Bonchev–Trinajstić information content (AvgIpc) is 2.68. The van der Waals surface area contributed by atoms with E-state index >= 15 is 0 Å². The second-order valence-corrected chi connectivity index (χ2v) is 4.99. The molecule has 0 radical (unpaired) electrons. The van der Waals surface area contributed by atoms with E-state index in [0.29, 0.717) is 24.6 Å². The summed E-state index contributed by atoms with van der Waals surface area (Å²) >= 11 is 0. The van der Waals surface area contributed by atoms with Crippen LogP contribution in [0.1, 0.15) is 25.8 Å². The standard InChI is InChI=1S/C14H18N2O2/c1-14(2)9-18-13(16-14)8-12(15)10-4-6-11(17-3)7-5-10/h4-7,15H,8-9H2,1-3H3. The van der Waals surface area contributed by atoms with Gasteiger partial charge in [0.1, 0.15) is 12.4 Å². The van der Waals surface area contributed by atoms with Crippen molar-refractivity contribution in [3.63, 3.8) is 0 Å². The number of aliphatic imine (C=N–C) groups is 1. The van der Waals surface area contributed by atoms with E-state index in [1.165, 1.54) is 0 Å². The summed E-state index contributed by atoms with van der Waals surface area (Å²) < 4.78 is 10.6. The molecule has 1 aliphatic rings. The molecular formula is C14H18N2O2. The van der Waals surface area contributed by atoms with E-state index in [-0.39, 0.29) is 5.54 Å². The maximum atomic E-state index is 8.05. The van der Waals surface area contributed by atoms with Crippen LogP contribution < -0.4 is 4.74 Å². The molecular weight excluding hydrogens is 228 g/mol. The summed E-state index contributed by atoms with van der Waals surface area (Å²) in [6, 6.07) is 7.46. The van der Waals surface area contributed by atoms with Crippen LogP contribution in [-0.4, -0.2) is 30.9 Å². The van der Waals surface area contributed by atoms with Crippen LogP contribution in [0.3, 0.4) is 0 Å². The van der Waals surface area contributed by atoms with Crippen molar-refractivity contribution < 1.29 is 9.47 Å². The number of hydrogen-bond donors (Lipinski definition) is 1. The molecule has 0 fully saturated rings. The van der Waals surface area contributed by atoms with Crippen LogP contribution in [0.2, 0.25) is 0 Å². The van der Waals surface area contributed by atoms with Gasteiger partial charge in [0.05, 0.1) is 19.1 Å². The van der Waals surface area contributed by atoms with Gasteiger partial charge in [-0.05, 0) is 43.7 Å². The number of methoxy groups -OCH3 is 1. The highest BCUT2D eigenvalue weighted by Crippen LogP contribution is 2.20. The average molecular weight is 246 g/mol. The molecule has 0 amide bonds. The van der Waals surface area contributed by atoms with E-state index in [2.05, 4.69) is 4.99 Å². The summed E-state index contributed by atoms with van der Waals surface area (Å²) in [6.45, 7) is 4.65. The second kappa shape index (κ2) is 4.80. The van der Waals surface area contributed by atoms with Gasteiger partial charge in [0, 0.05) is 5.71 Å². The first-order valence-electron chi connectivity index (χ1n) is 5.93. The van der Waals surface area contributed by atoms with Gasteiger partial charge in [-0.2, -0.15) is 0 Å². The Morgan fingerprint density at radius 1 is 1.39 bits per heavy atom. The van der Waals surface area contributed by atoms with Crippen molar-refractivity contribution in [2.24, 2.45) is 4.99 Å². The van der Waals surface area contributed by atoms with Gasteiger partial charge in [0.2, 0.25) is 0 Å². The molecule has 4 heteroatoms. The Bertz CT molecular complexity index is 475. The summed E-state index contributed by atoms with van der Waals surface area (Å²) in [6.07, 6.45) is 0.440. The van der Waals surface area contributed by atoms with Gasteiger partial charge in [-0.1, -0.05) is 0 Å². The molecule has 96 valence electrons. The van der Waals surface area contributed by atoms with Crippen molar-refractivity contribution in [3.8, 4) is 5.75 Å². The molecule has 0 saturated carbocycles. The Morgan fingerprint density at radius 3 is 2.56 bits per heavy atom. The van der Waals surface area contributed by atoms with Gasteiger partial charge in [0.15, 0.2) is 5.90 Å². The van der Waals surface area contributed by atoms with E-state index in [0.717, 1.165) is 11.3 Å². The van der Waals surface area contributed by atoms with Crippen LogP contribution in [0.15, 0.2) is 29.3 Å². The molecule has 0 saturated heterocycles. The molecule has 18 heavy (non-hydrogen) atoms. The summed E-state index contributed by atoms with van der Waals surface area (Å²) in [5, 5.41) is 8.05.